The minimum absolute atomic E-state index is 0.863. The Labute approximate surface area is 123 Å². The molecule has 0 saturated heterocycles. The third-order valence-electron chi connectivity index (χ3n) is 4.05. The van der Waals surface area contributed by atoms with Gasteiger partial charge >= 0.3 is 0 Å². The summed E-state index contributed by atoms with van der Waals surface area (Å²) in [5.41, 5.74) is 8.27. The fourth-order valence-corrected chi connectivity index (χ4v) is 3.36. The van der Waals surface area contributed by atoms with Crippen LogP contribution in [-0.2, 0) is 6.42 Å². The van der Waals surface area contributed by atoms with Crippen molar-refractivity contribution < 1.29 is 0 Å². The van der Waals surface area contributed by atoms with E-state index in [1.807, 2.05) is 0 Å². The lowest BCUT2D eigenvalue weighted by atomic mass is 10.1. The molecule has 4 rings (SSSR count). The van der Waals surface area contributed by atoms with Crippen LogP contribution in [0.3, 0.4) is 0 Å². The predicted molar refractivity (Wildman–Crippen MR) is 84.5 cm³/mol. The molecule has 0 unspecified atom stereocenters. The Bertz CT molecular complexity index is 865. The zero-order valence-corrected chi connectivity index (χ0v) is 12.3. The van der Waals surface area contributed by atoms with Crippen molar-refractivity contribution in [2.75, 3.05) is 0 Å². The summed E-state index contributed by atoms with van der Waals surface area (Å²) in [5, 5.41) is 1.93. The largest absolute Gasteiger partial charge is 0.247 e. The number of aryl methyl sites for hydroxylation is 2. The van der Waals surface area contributed by atoms with E-state index in [4.69, 9.17) is 16.6 Å². The molecule has 0 bridgehead atoms. The van der Waals surface area contributed by atoms with Crippen molar-refractivity contribution >= 4 is 22.5 Å². The number of nitrogens with zero attached hydrogens (tertiary/aromatic N) is 1. The van der Waals surface area contributed by atoms with E-state index in [0.29, 0.717) is 0 Å². The third-order valence-corrected chi connectivity index (χ3v) is 4.49. The minimum Gasteiger partial charge on any atom is -0.247 e. The second kappa shape index (κ2) is 4.07. The van der Waals surface area contributed by atoms with E-state index in [1.54, 1.807) is 0 Å². The minimum atomic E-state index is 0.863. The van der Waals surface area contributed by atoms with Gasteiger partial charge in [-0.3, -0.25) is 0 Å². The van der Waals surface area contributed by atoms with E-state index in [0.717, 1.165) is 28.0 Å². The summed E-state index contributed by atoms with van der Waals surface area (Å²) in [6.45, 7) is 4.21. The number of fused-ring (bicyclic) bond motifs is 4. The molecule has 0 amide bonds. The number of hydrogen-bond donors (Lipinski definition) is 0. The maximum absolute atomic E-state index is 6.65. The first-order chi connectivity index (χ1) is 9.63. The molecule has 2 aromatic carbocycles. The zero-order chi connectivity index (χ0) is 13.9. The van der Waals surface area contributed by atoms with Gasteiger partial charge in [0.25, 0.3) is 0 Å². The molecule has 0 radical (unpaired) electrons. The first kappa shape index (κ1) is 11.9. The van der Waals surface area contributed by atoms with Gasteiger partial charge in [0.05, 0.1) is 16.2 Å². The molecule has 20 heavy (non-hydrogen) atoms. The molecule has 98 valence electrons. The molecule has 1 aromatic heterocycles. The lowest BCUT2D eigenvalue weighted by Crippen LogP contribution is -1.90. The van der Waals surface area contributed by atoms with Gasteiger partial charge in [0.1, 0.15) is 0 Å². The lowest BCUT2D eigenvalue weighted by Gasteiger charge is -2.07. The van der Waals surface area contributed by atoms with Crippen LogP contribution in [0.5, 0.6) is 0 Å². The highest BCUT2D eigenvalue weighted by Gasteiger charge is 2.24. The summed E-state index contributed by atoms with van der Waals surface area (Å²) in [6, 6.07) is 12.8. The highest BCUT2D eigenvalue weighted by atomic mass is 35.5. The summed E-state index contributed by atoms with van der Waals surface area (Å²) in [6.07, 6.45) is 0.891. The van der Waals surface area contributed by atoms with E-state index in [2.05, 4.69) is 50.2 Å². The summed E-state index contributed by atoms with van der Waals surface area (Å²) >= 11 is 6.65. The van der Waals surface area contributed by atoms with Crippen molar-refractivity contribution in [3.63, 3.8) is 0 Å². The van der Waals surface area contributed by atoms with E-state index >= 15 is 0 Å². The van der Waals surface area contributed by atoms with Gasteiger partial charge in [0.2, 0.25) is 0 Å². The Morgan fingerprint density at radius 2 is 1.75 bits per heavy atom. The topological polar surface area (TPSA) is 12.9 Å². The maximum atomic E-state index is 6.65. The molecule has 1 nitrogen and oxygen atoms in total. The van der Waals surface area contributed by atoms with Crippen LogP contribution in [0.15, 0.2) is 36.4 Å². The second-order valence-corrected chi connectivity index (χ2v) is 5.99. The average Bonchev–Trinajstić information content (AvgIpc) is 2.78. The number of pyridine rings is 1. The van der Waals surface area contributed by atoms with Gasteiger partial charge in [-0.1, -0.05) is 47.0 Å². The van der Waals surface area contributed by atoms with Crippen LogP contribution in [0, 0.1) is 13.8 Å². The molecule has 0 saturated carbocycles. The number of rotatable bonds is 0. The van der Waals surface area contributed by atoms with Gasteiger partial charge in [-0.25, -0.2) is 4.98 Å². The lowest BCUT2D eigenvalue weighted by molar-refractivity contribution is 1.24. The predicted octanol–water partition coefficient (Wildman–Crippen LogP) is 5.08. The van der Waals surface area contributed by atoms with E-state index < -0.39 is 0 Å². The highest BCUT2D eigenvalue weighted by molar-refractivity contribution is 6.36. The standard InChI is InChI=1S/C18H14ClN/c1-10-3-5-13-12(7-10)9-15-17(19)14-8-11(2)4-6-16(14)20-18(13)15/h3-8H,9H2,1-2H3. The van der Waals surface area contributed by atoms with Crippen LogP contribution < -0.4 is 0 Å². The van der Waals surface area contributed by atoms with Crippen LogP contribution in [0.1, 0.15) is 22.3 Å². The molecule has 0 fully saturated rings. The first-order valence-electron chi connectivity index (χ1n) is 6.82. The molecule has 1 aliphatic carbocycles. The Morgan fingerprint density at radius 1 is 1.00 bits per heavy atom. The second-order valence-electron chi connectivity index (χ2n) is 5.61. The van der Waals surface area contributed by atoms with E-state index in [-0.39, 0.29) is 0 Å². The van der Waals surface area contributed by atoms with Crippen LogP contribution in [-0.4, -0.2) is 4.98 Å². The number of hydrogen-bond acceptors (Lipinski definition) is 1. The van der Waals surface area contributed by atoms with Gasteiger partial charge in [0.15, 0.2) is 0 Å². The van der Waals surface area contributed by atoms with Crippen molar-refractivity contribution in [3.8, 4) is 11.3 Å². The van der Waals surface area contributed by atoms with Crippen LogP contribution in [0.2, 0.25) is 5.02 Å². The van der Waals surface area contributed by atoms with Crippen LogP contribution >= 0.6 is 11.6 Å². The Morgan fingerprint density at radius 3 is 2.60 bits per heavy atom. The van der Waals surface area contributed by atoms with Crippen LogP contribution in [0.4, 0.5) is 0 Å². The Kier molecular flexibility index (Phi) is 2.42. The summed E-state index contributed by atoms with van der Waals surface area (Å²) < 4.78 is 0. The fourth-order valence-electron chi connectivity index (χ4n) is 3.05. The number of halogens is 1. The van der Waals surface area contributed by atoms with Gasteiger partial charge in [-0.05, 0) is 31.5 Å². The monoisotopic (exact) mass is 279 g/mol. The molecule has 3 aromatic rings. The van der Waals surface area contributed by atoms with Crippen LogP contribution in [0.25, 0.3) is 22.2 Å². The number of benzene rings is 2. The van der Waals surface area contributed by atoms with Crippen molar-refractivity contribution in [1.29, 1.82) is 0 Å². The van der Waals surface area contributed by atoms with E-state index in [9.17, 15) is 0 Å². The Hall–Kier alpha value is -1.86. The molecule has 2 heteroatoms. The normalized spacial score (nSPS) is 12.6. The number of aromatic nitrogens is 1. The summed E-state index contributed by atoms with van der Waals surface area (Å²) in [5.74, 6) is 0. The maximum Gasteiger partial charge on any atom is 0.0762 e. The smallest absolute Gasteiger partial charge is 0.0762 e. The highest BCUT2D eigenvalue weighted by Crippen LogP contribution is 2.42. The van der Waals surface area contributed by atoms with Gasteiger partial charge in [-0.2, -0.15) is 0 Å². The molecule has 0 aliphatic heterocycles. The molecule has 1 heterocycles. The van der Waals surface area contributed by atoms with Crippen molar-refractivity contribution in [1.82, 2.24) is 4.98 Å². The molecule has 0 spiro atoms. The summed E-state index contributed by atoms with van der Waals surface area (Å²) in [7, 11) is 0. The van der Waals surface area contributed by atoms with Crippen molar-refractivity contribution in [2.45, 2.75) is 20.3 Å². The van der Waals surface area contributed by atoms with Gasteiger partial charge < -0.3 is 0 Å². The quantitative estimate of drug-likeness (QED) is 0.438. The van der Waals surface area contributed by atoms with E-state index in [1.165, 1.54) is 27.8 Å². The fraction of sp³-hybridized carbons (Fsp3) is 0.167. The zero-order valence-electron chi connectivity index (χ0n) is 11.5. The van der Waals surface area contributed by atoms with Gasteiger partial charge in [0, 0.05) is 22.9 Å². The molecular formula is C18H14ClN. The summed E-state index contributed by atoms with van der Waals surface area (Å²) in [4.78, 5) is 4.84. The van der Waals surface area contributed by atoms with Crippen molar-refractivity contribution in [3.05, 3.63) is 63.7 Å². The van der Waals surface area contributed by atoms with Gasteiger partial charge in [-0.15, -0.1) is 0 Å². The van der Waals surface area contributed by atoms with Crippen molar-refractivity contribution in [2.24, 2.45) is 0 Å². The average molecular weight is 280 g/mol. The third kappa shape index (κ3) is 1.60. The first-order valence-corrected chi connectivity index (χ1v) is 7.20. The Balaban J connectivity index is 2.07. The molecular weight excluding hydrogens is 266 g/mol. The molecule has 0 atom stereocenters. The molecule has 1 aliphatic rings. The molecule has 0 N–H and O–H groups in total. The SMILES string of the molecule is Cc1ccc2c(c1)Cc1c-2nc2ccc(C)cc2c1Cl.